The Bertz CT molecular complexity index is 848. The van der Waals surface area contributed by atoms with E-state index in [9.17, 15) is 0 Å². The molecule has 0 aliphatic rings. The van der Waals surface area contributed by atoms with Crippen molar-refractivity contribution in [3.8, 4) is 17.0 Å². The molecule has 0 aliphatic heterocycles. The molecule has 5 heteroatoms. The highest BCUT2D eigenvalue weighted by molar-refractivity contribution is 5.70. The number of methoxy groups -OCH3 is 1. The Morgan fingerprint density at radius 1 is 0.923 bits per heavy atom. The number of benzene rings is 2. The van der Waals surface area contributed by atoms with E-state index in [1.807, 2.05) is 48.5 Å². The van der Waals surface area contributed by atoms with Gasteiger partial charge < -0.3 is 15.0 Å². The molecule has 0 aliphatic carbocycles. The van der Waals surface area contributed by atoms with Gasteiger partial charge in [0.1, 0.15) is 11.6 Å². The van der Waals surface area contributed by atoms with E-state index in [-0.39, 0.29) is 0 Å². The second-order valence-electron chi connectivity index (χ2n) is 5.80. The average molecular weight is 348 g/mol. The summed E-state index contributed by atoms with van der Waals surface area (Å²) in [5.41, 5.74) is 2.82. The van der Waals surface area contributed by atoms with Crippen LogP contribution in [0.2, 0.25) is 0 Å². The van der Waals surface area contributed by atoms with Crippen molar-refractivity contribution in [1.29, 1.82) is 0 Å². The maximum Gasteiger partial charge on any atom is 0.227 e. The van der Waals surface area contributed by atoms with Gasteiger partial charge >= 0.3 is 0 Å². The zero-order valence-electron chi connectivity index (χ0n) is 15.4. The molecule has 3 rings (SSSR count). The van der Waals surface area contributed by atoms with E-state index in [4.69, 9.17) is 14.7 Å². The molecule has 0 spiro atoms. The molecular weight excluding hydrogens is 324 g/mol. The van der Waals surface area contributed by atoms with Crippen LogP contribution in [0.3, 0.4) is 0 Å². The third kappa shape index (κ3) is 3.94. The first-order valence-electron chi connectivity index (χ1n) is 8.84. The van der Waals surface area contributed by atoms with E-state index in [0.29, 0.717) is 5.95 Å². The summed E-state index contributed by atoms with van der Waals surface area (Å²) in [7, 11) is 1.66. The minimum absolute atomic E-state index is 0.716. The maximum atomic E-state index is 5.44. The molecule has 0 saturated heterocycles. The normalized spacial score (nSPS) is 10.4. The smallest absolute Gasteiger partial charge is 0.227 e. The summed E-state index contributed by atoms with van der Waals surface area (Å²) in [6.45, 7) is 5.91. The van der Waals surface area contributed by atoms with E-state index in [1.54, 1.807) is 7.11 Å². The molecule has 0 fully saturated rings. The predicted octanol–water partition coefficient (Wildman–Crippen LogP) is 4.74. The van der Waals surface area contributed by atoms with Gasteiger partial charge in [-0.1, -0.05) is 42.5 Å². The summed E-state index contributed by atoms with van der Waals surface area (Å²) < 4.78 is 5.44. The number of hydrogen-bond acceptors (Lipinski definition) is 5. The Morgan fingerprint density at radius 2 is 1.62 bits per heavy atom. The number of nitrogens with one attached hydrogen (secondary N) is 1. The Morgan fingerprint density at radius 3 is 2.31 bits per heavy atom. The van der Waals surface area contributed by atoms with Gasteiger partial charge in [0.05, 0.1) is 18.5 Å². The second-order valence-corrected chi connectivity index (χ2v) is 5.80. The average Bonchev–Trinajstić information content (AvgIpc) is 2.70. The van der Waals surface area contributed by atoms with Crippen molar-refractivity contribution >= 4 is 17.5 Å². The van der Waals surface area contributed by atoms with E-state index >= 15 is 0 Å². The standard InChI is InChI=1S/C21H24N4O/c1-4-25(5-2)21-23-18(16-11-7-6-8-12-16)15-20(24-21)22-17-13-9-10-14-19(17)26-3/h6-15H,4-5H2,1-3H3,(H,22,23,24). The molecule has 2 aromatic carbocycles. The van der Waals surface area contributed by atoms with Crippen LogP contribution in [0.5, 0.6) is 5.75 Å². The summed E-state index contributed by atoms with van der Waals surface area (Å²) in [6.07, 6.45) is 0. The summed E-state index contributed by atoms with van der Waals surface area (Å²) in [5.74, 6) is 2.23. The number of rotatable bonds is 7. The Balaban J connectivity index is 2.05. The Labute approximate surface area is 154 Å². The van der Waals surface area contributed by atoms with E-state index in [0.717, 1.165) is 41.6 Å². The largest absolute Gasteiger partial charge is 0.495 e. The molecule has 0 radical (unpaired) electrons. The second kappa shape index (κ2) is 8.34. The molecule has 26 heavy (non-hydrogen) atoms. The third-order valence-electron chi connectivity index (χ3n) is 4.20. The molecule has 0 atom stereocenters. The van der Waals surface area contributed by atoms with Crippen molar-refractivity contribution in [3.63, 3.8) is 0 Å². The first-order valence-corrected chi connectivity index (χ1v) is 8.84. The summed E-state index contributed by atoms with van der Waals surface area (Å²) in [6, 6.07) is 19.9. The molecule has 134 valence electrons. The monoisotopic (exact) mass is 348 g/mol. The van der Waals surface area contributed by atoms with Gasteiger partial charge in [-0.2, -0.15) is 4.98 Å². The molecule has 0 bridgehead atoms. The Kier molecular flexibility index (Phi) is 5.69. The lowest BCUT2D eigenvalue weighted by Gasteiger charge is -2.20. The van der Waals surface area contributed by atoms with Gasteiger partial charge in [-0.25, -0.2) is 4.98 Å². The van der Waals surface area contributed by atoms with Crippen molar-refractivity contribution in [2.45, 2.75) is 13.8 Å². The highest BCUT2D eigenvalue weighted by atomic mass is 16.5. The highest BCUT2D eigenvalue weighted by Gasteiger charge is 2.12. The zero-order valence-corrected chi connectivity index (χ0v) is 15.4. The lowest BCUT2D eigenvalue weighted by atomic mass is 10.1. The minimum Gasteiger partial charge on any atom is -0.495 e. The summed E-state index contributed by atoms with van der Waals surface area (Å²) >= 11 is 0. The Hall–Kier alpha value is -3.08. The zero-order chi connectivity index (χ0) is 18.4. The molecule has 0 unspecified atom stereocenters. The lowest BCUT2D eigenvalue weighted by molar-refractivity contribution is 0.417. The van der Waals surface area contributed by atoms with E-state index in [1.165, 1.54) is 0 Å². The van der Waals surface area contributed by atoms with E-state index < -0.39 is 0 Å². The van der Waals surface area contributed by atoms with Crippen molar-refractivity contribution in [1.82, 2.24) is 9.97 Å². The molecule has 3 aromatic rings. The number of aromatic nitrogens is 2. The number of anilines is 3. The van der Waals surface area contributed by atoms with Crippen LogP contribution in [-0.4, -0.2) is 30.2 Å². The quantitative estimate of drug-likeness (QED) is 0.668. The summed E-state index contributed by atoms with van der Waals surface area (Å²) in [5, 5.41) is 3.37. The van der Waals surface area contributed by atoms with Gasteiger partial charge in [0, 0.05) is 24.7 Å². The van der Waals surface area contributed by atoms with Gasteiger partial charge in [-0.15, -0.1) is 0 Å². The number of nitrogens with zero attached hydrogens (tertiary/aromatic N) is 3. The molecular formula is C21H24N4O. The third-order valence-corrected chi connectivity index (χ3v) is 4.20. The van der Waals surface area contributed by atoms with Crippen LogP contribution in [0.25, 0.3) is 11.3 Å². The predicted molar refractivity (Wildman–Crippen MR) is 107 cm³/mol. The van der Waals surface area contributed by atoms with Crippen LogP contribution >= 0.6 is 0 Å². The van der Waals surface area contributed by atoms with Crippen LogP contribution in [0.15, 0.2) is 60.7 Å². The number of ether oxygens (including phenoxy) is 1. The lowest BCUT2D eigenvalue weighted by Crippen LogP contribution is -2.24. The molecule has 1 N–H and O–H groups in total. The van der Waals surface area contributed by atoms with Crippen LogP contribution in [0, 0.1) is 0 Å². The fourth-order valence-corrected chi connectivity index (χ4v) is 2.79. The van der Waals surface area contributed by atoms with Crippen molar-refractivity contribution in [2.75, 3.05) is 30.4 Å². The van der Waals surface area contributed by atoms with Crippen LogP contribution in [0.1, 0.15) is 13.8 Å². The first-order chi connectivity index (χ1) is 12.7. The highest BCUT2D eigenvalue weighted by Crippen LogP contribution is 2.29. The topological polar surface area (TPSA) is 50.3 Å². The maximum absolute atomic E-state index is 5.44. The van der Waals surface area contributed by atoms with Gasteiger partial charge in [0.25, 0.3) is 0 Å². The fourth-order valence-electron chi connectivity index (χ4n) is 2.79. The number of para-hydroxylation sites is 2. The van der Waals surface area contributed by atoms with Crippen molar-refractivity contribution in [3.05, 3.63) is 60.7 Å². The van der Waals surface area contributed by atoms with Crippen LogP contribution in [-0.2, 0) is 0 Å². The van der Waals surface area contributed by atoms with Crippen LogP contribution in [0.4, 0.5) is 17.5 Å². The van der Waals surface area contributed by atoms with Crippen molar-refractivity contribution in [2.24, 2.45) is 0 Å². The van der Waals surface area contributed by atoms with E-state index in [2.05, 4.69) is 36.2 Å². The minimum atomic E-state index is 0.716. The van der Waals surface area contributed by atoms with Crippen LogP contribution < -0.4 is 15.0 Å². The summed E-state index contributed by atoms with van der Waals surface area (Å²) in [4.78, 5) is 11.6. The molecule has 1 heterocycles. The van der Waals surface area contributed by atoms with Crippen molar-refractivity contribution < 1.29 is 4.74 Å². The first kappa shape index (κ1) is 17.7. The van der Waals surface area contributed by atoms with Gasteiger partial charge in [0.2, 0.25) is 5.95 Å². The van der Waals surface area contributed by atoms with Gasteiger partial charge in [-0.05, 0) is 26.0 Å². The fraction of sp³-hybridized carbons (Fsp3) is 0.238. The molecule has 0 saturated carbocycles. The molecule has 5 nitrogen and oxygen atoms in total. The SMILES string of the molecule is CCN(CC)c1nc(Nc2ccccc2OC)cc(-c2ccccc2)n1. The van der Waals surface area contributed by atoms with Gasteiger partial charge in [0.15, 0.2) is 0 Å². The molecule has 0 amide bonds. The van der Waals surface area contributed by atoms with Gasteiger partial charge in [-0.3, -0.25) is 0 Å². The molecule has 1 aromatic heterocycles. The number of hydrogen-bond donors (Lipinski definition) is 1.